The zero-order valence-corrected chi connectivity index (χ0v) is 30.4. The van der Waals surface area contributed by atoms with E-state index in [0.717, 1.165) is 82.7 Å². The summed E-state index contributed by atoms with van der Waals surface area (Å²) in [6.45, 7) is 0. The summed E-state index contributed by atoms with van der Waals surface area (Å²) in [4.78, 5) is 15.1. The molecule has 266 valence electrons. The minimum Gasteiger partial charge on any atom is -0.456 e. The summed E-state index contributed by atoms with van der Waals surface area (Å²) < 4.78 is 15.2. The summed E-state index contributed by atoms with van der Waals surface area (Å²) in [5, 5.41) is 6.47. The Kier molecular flexibility index (Phi) is 6.83. The molecule has 0 spiro atoms. The molecular weight excluding hydrogens is 701 g/mol. The smallest absolute Gasteiger partial charge is 0.164 e. The molecule has 8 aromatic carbocycles. The van der Waals surface area contributed by atoms with Crippen molar-refractivity contribution in [2.45, 2.75) is 0 Å². The lowest BCUT2D eigenvalue weighted by molar-refractivity contribution is 0.669. The van der Waals surface area contributed by atoms with Gasteiger partial charge in [-0.1, -0.05) is 115 Å². The molecule has 0 aliphatic heterocycles. The second-order valence-electron chi connectivity index (χ2n) is 14.4. The monoisotopic (exact) mass is 730 g/mol. The molecule has 0 aliphatic carbocycles. The van der Waals surface area contributed by atoms with Gasteiger partial charge >= 0.3 is 0 Å². The van der Waals surface area contributed by atoms with Crippen LogP contribution in [0.15, 0.2) is 191 Å². The Balaban J connectivity index is 1.03. The third-order valence-electron chi connectivity index (χ3n) is 11.1. The van der Waals surface area contributed by atoms with Crippen LogP contribution < -0.4 is 0 Å². The topological polar surface area (TPSA) is 69.9 Å². The summed E-state index contributed by atoms with van der Waals surface area (Å²) in [5.41, 5.74) is 11.6. The number of para-hydroxylation sites is 2. The predicted molar refractivity (Wildman–Crippen MR) is 230 cm³/mol. The standard InChI is InChI=1S/C51H30N4O2/c1-3-11-31(12-4-1)32-19-23-36(24-20-32)55-43-17-9-7-15-37(43)40-30-48-42(29-44(40)55)41-27-34(22-26-46(41)57-48)50-52-49(33-13-5-2-6-14-33)53-51(54-50)35-21-25-39-38-16-8-10-18-45(38)56-47(39)28-35/h1-30H. The van der Waals surface area contributed by atoms with Crippen molar-refractivity contribution >= 4 is 65.7 Å². The first-order chi connectivity index (χ1) is 28.2. The van der Waals surface area contributed by atoms with Crippen molar-refractivity contribution in [3.63, 3.8) is 0 Å². The Morgan fingerprint density at radius 2 is 0.825 bits per heavy atom. The maximum Gasteiger partial charge on any atom is 0.164 e. The Morgan fingerprint density at radius 3 is 1.60 bits per heavy atom. The molecule has 0 amide bonds. The molecule has 6 nitrogen and oxygen atoms in total. The highest BCUT2D eigenvalue weighted by molar-refractivity contribution is 6.17. The lowest BCUT2D eigenvalue weighted by atomic mass is 10.1. The zero-order chi connectivity index (χ0) is 37.5. The van der Waals surface area contributed by atoms with Crippen LogP contribution in [0.3, 0.4) is 0 Å². The largest absolute Gasteiger partial charge is 0.456 e. The van der Waals surface area contributed by atoms with Crippen LogP contribution in [0.1, 0.15) is 0 Å². The second kappa shape index (κ2) is 12.3. The number of furan rings is 2. The molecule has 0 fully saturated rings. The Morgan fingerprint density at radius 1 is 0.298 bits per heavy atom. The molecule has 12 aromatic rings. The van der Waals surface area contributed by atoms with E-state index < -0.39 is 0 Å². The average Bonchev–Trinajstić information content (AvgIpc) is 3.94. The fraction of sp³-hybridized carbons (Fsp3) is 0. The maximum absolute atomic E-state index is 6.56. The molecule has 0 aliphatic rings. The summed E-state index contributed by atoms with van der Waals surface area (Å²) in [6, 6.07) is 62.8. The van der Waals surface area contributed by atoms with Crippen LogP contribution in [-0.4, -0.2) is 19.5 Å². The zero-order valence-electron chi connectivity index (χ0n) is 30.4. The van der Waals surface area contributed by atoms with Crippen LogP contribution in [0.25, 0.3) is 117 Å². The molecule has 6 heteroatoms. The highest BCUT2D eigenvalue weighted by Gasteiger charge is 2.19. The third kappa shape index (κ3) is 5.08. The van der Waals surface area contributed by atoms with Gasteiger partial charge in [0.2, 0.25) is 0 Å². The second-order valence-corrected chi connectivity index (χ2v) is 14.4. The lowest BCUT2D eigenvalue weighted by Crippen LogP contribution is -2.00. The van der Waals surface area contributed by atoms with Crippen molar-refractivity contribution in [3.05, 3.63) is 182 Å². The van der Waals surface area contributed by atoms with E-state index in [0.29, 0.717) is 17.5 Å². The summed E-state index contributed by atoms with van der Waals surface area (Å²) >= 11 is 0. The van der Waals surface area contributed by atoms with Crippen LogP contribution in [0, 0.1) is 0 Å². The van der Waals surface area contributed by atoms with Crippen LogP contribution in [0.5, 0.6) is 0 Å². The van der Waals surface area contributed by atoms with Gasteiger partial charge in [0.05, 0.1) is 11.0 Å². The lowest BCUT2D eigenvalue weighted by Gasteiger charge is -2.09. The van der Waals surface area contributed by atoms with E-state index in [4.69, 9.17) is 23.8 Å². The van der Waals surface area contributed by atoms with Gasteiger partial charge in [0.1, 0.15) is 22.3 Å². The molecule has 0 saturated heterocycles. The molecule has 0 radical (unpaired) electrons. The molecule has 12 rings (SSSR count). The first-order valence-electron chi connectivity index (χ1n) is 19.0. The number of rotatable bonds is 5. The molecule has 4 heterocycles. The predicted octanol–water partition coefficient (Wildman–Crippen LogP) is 13.4. The van der Waals surface area contributed by atoms with Gasteiger partial charge in [-0.3, -0.25) is 0 Å². The van der Waals surface area contributed by atoms with Crippen LogP contribution in [0.2, 0.25) is 0 Å². The van der Waals surface area contributed by atoms with Crippen LogP contribution in [0.4, 0.5) is 0 Å². The van der Waals surface area contributed by atoms with Crippen molar-refractivity contribution in [1.82, 2.24) is 19.5 Å². The molecule has 0 unspecified atom stereocenters. The fourth-order valence-electron chi connectivity index (χ4n) is 8.30. The van der Waals surface area contributed by atoms with Gasteiger partial charge in [-0.2, -0.15) is 0 Å². The van der Waals surface area contributed by atoms with Gasteiger partial charge in [0.15, 0.2) is 17.5 Å². The number of aromatic nitrogens is 4. The highest BCUT2D eigenvalue weighted by atomic mass is 16.3. The van der Waals surface area contributed by atoms with E-state index in [1.807, 2.05) is 72.8 Å². The van der Waals surface area contributed by atoms with Crippen molar-refractivity contribution in [1.29, 1.82) is 0 Å². The molecule has 0 N–H and O–H groups in total. The molecule has 57 heavy (non-hydrogen) atoms. The van der Waals surface area contributed by atoms with Gasteiger partial charge in [-0.05, 0) is 77.9 Å². The Labute approximate surface area is 325 Å². The SMILES string of the molecule is c1ccc(-c2ccc(-n3c4ccccc4c4cc5oc6ccc(-c7nc(-c8ccccc8)nc(-c8ccc9c(c8)oc8ccccc89)n7)cc6c5cc43)cc2)cc1. The van der Waals surface area contributed by atoms with Crippen molar-refractivity contribution in [2.24, 2.45) is 0 Å². The number of hydrogen-bond donors (Lipinski definition) is 0. The molecule has 0 atom stereocenters. The van der Waals surface area contributed by atoms with E-state index in [1.165, 1.54) is 16.5 Å². The number of benzene rings is 8. The first kappa shape index (κ1) is 31.5. The maximum atomic E-state index is 6.56. The highest BCUT2D eigenvalue weighted by Crippen LogP contribution is 2.40. The van der Waals surface area contributed by atoms with E-state index in [2.05, 4.69) is 114 Å². The summed E-state index contributed by atoms with van der Waals surface area (Å²) in [5.74, 6) is 1.75. The number of hydrogen-bond acceptors (Lipinski definition) is 5. The quantitative estimate of drug-likeness (QED) is 0.176. The molecule has 4 aromatic heterocycles. The van der Waals surface area contributed by atoms with Crippen LogP contribution in [-0.2, 0) is 0 Å². The third-order valence-corrected chi connectivity index (χ3v) is 11.1. The fourth-order valence-corrected chi connectivity index (χ4v) is 8.30. The molecule has 0 saturated carbocycles. The number of fused-ring (bicyclic) bond motifs is 9. The van der Waals surface area contributed by atoms with Gasteiger partial charge in [-0.25, -0.2) is 15.0 Å². The van der Waals surface area contributed by atoms with E-state index in [9.17, 15) is 0 Å². The normalized spacial score (nSPS) is 11.9. The van der Waals surface area contributed by atoms with Crippen LogP contribution >= 0.6 is 0 Å². The molecule has 0 bridgehead atoms. The Bertz CT molecular complexity index is 3510. The van der Waals surface area contributed by atoms with Gasteiger partial charge in [0.25, 0.3) is 0 Å². The summed E-state index contributed by atoms with van der Waals surface area (Å²) in [7, 11) is 0. The van der Waals surface area contributed by atoms with E-state index in [-0.39, 0.29) is 0 Å². The Hall–Kier alpha value is -7.83. The van der Waals surface area contributed by atoms with Crippen molar-refractivity contribution < 1.29 is 8.83 Å². The minimum atomic E-state index is 0.572. The van der Waals surface area contributed by atoms with E-state index in [1.54, 1.807) is 0 Å². The summed E-state index contributed by atoms with van der Waals surface area (Å²) in [6.07, 6.45) is 0. The van der Waals surface area contributed by atoms with Gasteiger partial charge in [0, 0.05) is 54.7 Å². The van der Waals surface area contributed by atoms with Gasteiger partial charge < -0.3 is 13.4 Å². The molecular formula is C51H30N4O2. The van der Waals surface area contributed by atoms with E-state index >= 15 is 0 Å². The first-order valence-corrected chi connectivity index (χ1v) is 19.0. The van der Waals surface area contributed by atoms with Crippen molar-refractivity contribution in [3.8, 4) is 51.0 Å². The van der Waals surface area contributed by atoms with Crippen molar-refractivity contribution in [2.75, 3.05) is 0 Å². The minimum absolute atomic E-state index is 0.572. The van der Waals surface area contributed by atoms with Gasteiger partial charge in [-0.15, -0.1) is 0 Å². The number of nitrogens with zero attached hydrogens (tertiary/aromatic N) is 4. The average molecular weight is 731 g/mol.